The van der Waals surface area contributed by atoms with Crippen LogP contribution in [0.15, 0.2) is 48.5 Å². The minimum absolute atomic E-state index is 0.137. The van der Waals surface area contributed by atoms with Crippen LogP contribution >= 0.6 is 0 Å². The Balaban J connectivity index is 1.53. The van der Waals surface area contributed by atoms with Crippen LogP contribution in [0, 0.1) is 23.7 Å². The van der Waals surface area contributed by atoms with Crippen LogP contribution in [0.25, 0.3) is 0 Å². The third kappa shape index (κ3) is 1.97. The molecule has 0 amide bonds. The minimum Gasteiger partial charge on any atom is -0.508 e. The molecule has 4 heteroatoms. The van der Waals surface area contributed by atoms with Crippen molar-refractivity contribution in [3.63, 3.8) is 0 Å². The topological polar surface area (TPSA) is 58.9 Å². The van der Waals surface area contributed by atoms with Crippen molar-refractivity contribution in [3.05, 3.63) is 54.1 Å². The third-order valence-corrected chi connectivity index (χ3v) is 7.50. The van der Waals surface area contributed by atoms with Gasteiger partial charge >= 0.3 is 5.79 Å². The molecule has 0 spiro atoms. The summed E-state index contributed by atoms with van der Waals surface area (Å²) in [4.78, 5) is 0. The van der Waals surface area contributed by atoms with Gasteiger partial charge in [0.05, 0.1) is 0 Å². The van der Waals surface area contributed by atoms with E-state index < -0.39 is 11.4 Å². The van der Waals surface area contributed by atoms with Crippen LogP contribution < -0.4 is 9.47 Å². The lowest BCUT2D eigenvalue weighted by atomic mass is 9.47. The molecule has 0 radical (unpaired) electrons. The van der Waals surface area contributed by atoms with E-state index in [0.29, 0.717) is 11.5 Å². The van der Waals surface area contributed by atoms with Gasteiger partial charge in [0.1, 0.15) is 5.75 Å². The summed E-state index contributed by atoms with van der Waals surface area (Å²) in [6.45, 7) is 0. The summed E-state index contributed by atoms with van der Waals surface area (Å²) in [5.74, 6) is 1.78. The van der Waals surface area contributed by atoms with Crippen molar-refractivity contribution in [3.8, 4) is 17.2 Å². The van der Waals surface area contributed by atoms with E-state index in [4.69, 9.17) is 9.47 Å². The highest BCUT2D eigenvalue weighted by atomic mass is 16.7. The number of hydrogen-bond acceptors (Lipinski definition) is 4. The molecule has 4 bridgehead atoms. The molecular weight excluding hydrogens is 340 g/mol. The van der Waals surface area contributed by atoms with Gasteiger partial charge in [-0.3, -0.25) is 0 Å². The lowest BCUT2D eigenvalue weighted by molar-refractivity contribution is -0.312. The number of aromatic hydroxyl groups is 1. The van der Waals surface area contributed by atoms with Gasteiger partial charge in [0, 0.05) is 11.6 Å². The van der Waals surface area contributed by atoms with E-state index in [1.165, 1.54) is 6.42 Å². The average molecular weight is 364 g/mol. The maximum absolute atomic E-state index is 12.3. The monoisotopic (exact) mass is 364 g/mol. The van der Waals surface area contributed by atoms with Crippen LogP contribution in [0.4, 0.5) is 0 Å². The summed E-state index contributed by atoms with van der Waals surface area (Å²) >= 11 is 0. The van der Waals surface area contributed by atoms with Gasteiger partial charge < -0.3 is 19.7 Å². The molecule has 5 aliphatic rings. The Morgan fingerprint density at radius 2 is 1.41 bits per heavy atom. The first-order valence-corrected chi connectivity index (χ1v) is 10.1. The fourth-order valence-corrected chi connectivity index (χ4v) is 6.60. The predicted molar refractivity (Wildman–Crippen MR) is 99.5 cm³/mol. The lowest BCUT2D eigenvalue weighted by Crippen LogP contribution is -2.70. The van der Waals surface area contributed by atoms with Gasteiger partial charge in [-0.1, -0.05) is 30.3 Å². The van der Waals surface area contributed by atoms with Gasteiger partial charge in [0.15, 0.2) is 17.1 Å². The first-order chi connectivity index (χ1) is 13.1. The number of rotatable bonds is 2. The molecule has 1 aliphatic heterocycles. The zero-order valence-electron chi connectivity index (χ0n) is 15.2. The van der Waals surface area contributed by atoms with Crippen LogP contribution in [0.1, 0.15) is 37.7 Å². The molecule has 0 aromatic heterocycles. The average Bonchev–Trinajstić information content (AvgIpc) is 3.06. The standard InChI is InChI=1S/C23H24O4/c24-19-6-7-20-21(13-19)27-23(26-20,16-4-2-1-3-5-16)22(25)17-9-14-8-15(11-17)12-18(22)10-14/h1-7,13-15,17-18,24-25H,8-12H2. The van der Waals surface area contributed by atoms with Gasteiger partial charge in [-0.15, -0.1) is 0 Å². The van der Waals surface area contributed by atoms with Gasteiger partial charge in [0.25, 0.3) is 0 Å². The summed E-state index contributed by atoms with van der Waals surface area (Å²) in [6.07, 6.45) is 5.51. The highest BCUT2D eigenvalue weighted by Crippen LogP contribution is 2.65. The Morgan fingerprint density at radius 3 is 2.07 bits per heavy atom. The fraction of sp³-hybridized carbons (Fsp3) is 0.478. The van der Waals surface area contributed by atoms with Crippen molar-refractivity contribution in [2.24, 2.45) is 23.7 Å². The second kappa shape index (κ2) is 5.20. The molecule has 2 aromatic carbocycles. The Morgan fingerprint density at radius 1 is 0.778 bits per heavy atom. The van der Waals surface area contributed by atoms with Crippen LogP contribution in [0.3, 0.4) is 0 Å². The molecule has 1 unspecified atom stereocenters. The Hall–Kier alpha value is -2.20. The normalized spacial score (nSPS) is 41.1. The van der Waals surface area contributed by atoms with Crippen LogP contribution in [0.5, 0.6) is 17.2 Å². The number of benzene rings is 2. The van der Waals surface area contributed by atoms with E-state index in [0.717, 1.165) is 43.1 Å². The van der Waals surface area contributed by atoms with Crippen LogP contribution in [-0.2, 0) is 5.79 Å². The van der Waals surface area contributed by atoms with E-state index in [1.54, 1.807) is 18.2 Å². The summed E-state index contributed by atoms with van der Waals surface area (Å²) in [5.41, 5.74) is -0.230. The fourth-order valence-electron chi connectivity index (χ4n) is 6.60. The zero-order valence-corrected chi connectivity index (χ0v) is 15.2. The summed E-state index contributed by atoms with van der Waals surface area (Å²) < 4.78 is 12.9. The molecule has 1 heterocycles. The second-order valence-corrected chi connectivity index (χ2v) is 8.95. The van der Waals surface area contributed by atoms with Crippen LogP contribution in [-0.4, -0.2) is 15.8 Å². The molecule has 1 atom stereocenters. The van der Waals surface area contributed by atoms with Crippen molar-refractivity contribution in [1.29, 1.82) is 0 Å². The van der Waals surface area contributed by atoms with Gasteiger partial charge in [-0.2, -0.15) is 0 Å². The molecule has 140 valence electrons. The van der Waals surface area contributed by atoms with Gasteiger partial charge in [-0.25, -0.2) is 0 Å². The quantitative estimate of drug-likeness (QED) is 0.838. The molecule has 4 aliphatic carbocycles. The Kier molecular flexibility index (Phi) is 3.04. The SMILES string of the molecule is Oc1ccc2c(c1)OC(c1ccccc1)(C1(O)C3CC4CC(C3)CC1C4)O2. The van der Waals surface area contributed by atoms with E-state index in [9.17, 15) is 10.2 Å². The molecule has 27 heavy (non-hydrogen) atoms. The lowest BCUT2D eigenvalue weighted by Gasteiger charge is -2.62. The first kappa shape index (κ1) is 15.8. The Bertz CT molecular complexity index is 865. The zero-order chi connectivity index (χ0) is 18.2. The number of phenolic OH excluding ortho intramolecular Hbond substituents is 1. The number of fused-ring (bicyclic) bond motifs is 1. The van der Waals surface area contributed by atoms with E-state index in [1.807, 2.05) is 30.3 Å². The van der Waals surface area contributed by atoms with Crippen molar-refractivity contribution >= 4 is 0 Å². The molecule has 4 fully saturated rings. The van der Waals surface area contributed by atoms with E-state index in [2.05, 4.69) is 0 Å². The predicted octanol–water partition coefficient (Wildman–Crippen LogP) is 4.20. The molecule has 2 N–H and O–H groups in total. The Labute approximate surface area is 158 Å². The summed E-state index contributed by atoms with van der Waals surface area (Å²) in [5, 5.41) is 22.2. The first-order valence-electron chi connectivity index (χ1n) is 10.1. The highest BCUT2D eigenvalue weighted by molar-refractivity contribution is 5.50. The number of hydrogen-bond donors (Lipinski definition) is 2. The number of aliphatic hydroxyl groups is 1. The summed E-state index contributed by atoms with van der Waals surface area (Å²) in [6, 6.07) is 14.8. The molecule has 4 nitrogen and oxygen atoms in total. The second-order valence-electron chi connectivity index (χ2n) is 8.95. The van der Waals surface area contributed by atoms with E-state index in [-0.39, 0.29) is 17.6 Å². The maximum Gasteiger partial charge on any atom is 0.307 e. The molecular formula is C23H24O4. The van der Waals surface area contributed by atoms with E-state index >= 15 is 0 Å². The molecule has 2 aromatic rings. The molecule has 4 saturated carbocycles. The van der Waals surface area contributed by atoms with Crippen molar-refractivity contribution in [2.75, 3.05) is 0 Å². The number of ether oxygens (including phenoxy) is 2. The van der Waals surface area contributed by atoms with Crippen molar-refractivity contribution in [1.82, 2.24) is 0 Å². The van der Waals surface area contributed by atoms with Crippen molar-refractivity contribution < 1.29 is 19.7 Å². The number of phenols is 1. The minimum atomic E-state index is -1.26. The van der Waals surface area contributed by atoms with Gasteiger partial charge in [0.2, 0.25) is 0 Å². The maximum atomic E-state index is 12.3. The smallest absolute Gasteiger partial charge is 0.307 e. The molecule has 0 saturated heterocycles. The van der Waals surface area contributed by atoms with Gasteiger partial charge in [-0.05, 0) is 67.9 Å². The third-order valence-electron chi connectivity index (χ3n) is 7.50. The largest absolute Gasteiger partial charge is 0.508 e. The highest BCUT2D eigenvalue weighted by Gasteiger charge is 2.71. The molecule has 7 rings (SSSR count). The van der Waals surface area contributed by atoms with Crippen LogP contribution in [0.2, 0.25) is 0 Å². The van der Waals surface area contributed by atoms with Crippen molar-refractivity contribution in [2.45, 2.75) is 43.5 Å². The summed E-state index contributed by atoms with van der Waals surface area (Å²) in [7, 11) is 0.